The van der Waals surface area contributed by atoms with Crippen molar-refractivity contribution in [3.05, 3.63) is 35.5 Å². The molecule has 1 saturated heterocycles. The lowest BCUT2D eigenvalue weighted by atomic mass is 9.94. The van der Waals surface area contributed by atoms with Crippen LogP contribution in [0.2, 0.25) is 0 Å². The first kappa shape index (κ1) is 24.6. The van der Waals surface area contributed by atoms with E-state index in [9.17, 15) is 9.90 Å². The Bertz CT molecular complexity index is 1240. The van der Waals surface area contributed by atoms with Gasteiger partial charge >= 0.3 is 5.97 Å². The van der Waals surface area contributed by atoms with Gasteiger partial charge < -0.3 is 19.6 Å². The number of likely N-dealkylation sites (N-methyl/N-ethyl adjacent to an activating group) is 1. The largest absolute Gasteiger partial charge is 0.477 e. The van der Waals surface area contributed by atoms with Crippen molar-refractivity contribution in [1.29, 1.82) is 0 Å². The van der Waals surface area contributed by atoms with Crippen LogP contribution < -0.4 is 9.64 Å². The molecule has 2 fully saturated rings. The van der Waals surface area contributed by atoms with Gasteiger partial charge in [-0.3, -0.25) is 0 Å². The molecule has 192 valence electrons. The molecule has 2 aromatic heterocycles. The molecule has 0 unspecified atom stereocenters. The third kappa shape index (κ3) is 4.66. The van der Waals surface area contributed by atoms with Crippen LogP contribution in [0.25, 0.3) is 22.2 Å². The second-order valence-corrected chi connectivity index (χ2v) is 10.5. The van der Waals surface area contributed by atoms with Crippen molar-refractivity contribution < 1.29 is 14.6 Å². The number of piperazine rings is 1. The number of hydrogen-bond acceptors (Lipinski definition) is 6. The summed E-state index contributed by atoms with van der Waals surface area (Å²) in [5.41, 5.74) is 4.31. The first-order valence-corrected chi connectivity index (χ1v) is 13.2. The van der Waals surface area contributed by atoms with Crippen molar-refractivity contribution in [2.45, 2.75) is 65.0 Å². The lowest BCUT2D eigenvalue weighted by molar-refractivity contribution is 0.0690. The second-order valence-electron chi connectivity index (χ2n) is 10.5. The summed E-state index contributed by atoms with van der Waals surface area (Å²) in [6.45, 7) is 9.91. The van der Waals surface area contributed by atoms with Gasteiger partial charge in [0.2, 0.25) is 5.88 Å². The van der Waals surface area contributed by atoms with Crippen LogP contribution in [0.5, 0.6) is 5.88 Å². The highest BCUT2D eigenvalue weighted by Crippen LogP contribution is 2.41. The third-order valence-electron chi connectivity index (χ3n) is 7.55. The molecule has 5 rings (SSSR count). The molecule has 1 aromatic carbocycles. The van der Waals surface area contributed by atoms with Gasteiger partial charge in [-0.05, 0) is 63.9 Å². The molecule has 0 spiro atoms. The molecule has 1 aliphatic heterocycles. The molecule has 2 aliphatic rings. The van der Waals surface area contributed by atoms with Gasteiger partial charge in [-0.25, -0.2) is 14.5 Å². The predicted octanol–water partition coefficient (Wildman–Crippen LogP) is 5.15. The smallest absolute Gasteiger partial charge is 0.354 e. The Labute approximate surface area is 212 Å². The summed E-state index contributed by atoms with van der Waals surface area (Å²) in [5.74, 6) is -0.483. The van der Waals surface area contributed by atoms with E-state index >= 15 is 0 Å². The molecule has 3 heterocycles. The number of aromatic nitrogens is 3. The zero-order valence-electron chi connectivity index (χ0n) is 21.8. The summed E-state index contributed by atoms with van der Waals surface area (Å²) in [6, 6.07) is 8.67. The van der Waals surface area contributed by atoms with Crippen molar-refractivity contribution in [3.63, 3.8) is 0 Å². The average molecular weight is 492 g/mol. The molecule has 0 radical (unpaired) electrons. The standard InChI is InChI=1S/C28H37N5O3/c1-18(2)36-27-24-23(20-10-12-21(13-11-20)32-16-14-31(4)15-17-32)19(3)25(28(34)35)29-26(24)33(30-27)22-8-6-5-7-9-22/h10-13,18,22H,5-9,14-17H2,1-4H3,(H,34,35). The minimum atomic E-state index is -1.02. The number of fused-ring (bicyclic) bond motifs is 1. The molecular weight excluding hydrogens is 454 g/mol. The number of nitrogens with zero attached hydrogens (tertiary/aromatic N) is 5. The summed E-state index contributed by atoms with van der Waals surface area (Å²) in [5, 5.41) is 15.8. The number of ether oxygens (including phenoxy) is 1. The Morgan fingerprint density at radius 1 is 1.06 bits per heavy atom. The molecule has 8 heteroatoms. The summed E-state index contributed by atoms with van der Waals surface area (Å²) >= 11 is 0. The highest BCUT2D eigenvalue weighted by atomic mass is 16.5. The molecule has 1 aliphatic carbocycles. The number of carboxylic acids is 1. The van der Waals surface area contributed by atoms with E-state index in [1.54, 1.807) is 0 Å². The van der Waals surface area contributed by atoms with E-state index in [2.05, 4.69) is 46.1 Å². The van der Waals surface area contributed by atoms with Gasteiger partial charge in [0.05, 0.1) is 17.5 Å². The number of pyridine rings is 1. The minimum absolute atomic E-state index is 0.0604. The first-order valence-electron chi connectivity index (χ1n) is 13.2. The lowest BCUT2D eigenvalue weighted by Crippen LogP contribution is -2.44. The van der Waals surface area contributed by atoms with Gasteiger partial charge in [-0.1, -0.05) is 31.4 Å². The van der Waals surface area contributed by atoms with E-state index < -0.39 is 5.97 Å². The molecule has 8 nitrogen and oxygen atoms in total. The Balaban J connectivity index is 1.66. The molecule has 1 saturated carbocycles. The van der Waals surface area contributed by atoms with Crippen molar-refractivity contribution in [2.75, 3.05) is 38.1 Å². The number of hydrogen-bond donors (Lipinski definition) is 1. The maximum Gasteiger partial charge on any atom is 0.354 e. The average Bonchev–Trinajstić information content (AvgIpc) is 3.22. The van der Waals surface area contributed by atoms with Crippen LogP contribution in [0.15, 0.2) is 24.3 Å². The molecule has 3 aromatic rings. The molecule has 1 N–H and O–H groups in total. The topological polar surface area (TPSA) is 83.7 Å². The van der Waals surface area contributed by atoms with E-state index in [-0.39, 0.29) is 17.8 Å². The van der Waals surface area contributed by atoms with Crippen LogP contribution in [0.1, 0.15) is 68.0 Å². The number of carbonyl (C=O) groups is 1. The SMILES string of the molecule is Cc1c(C(=O)O)nc2c(c(OC(C)C)nn2C2CCCCC2)c1-c1ccc(N2CCN(C)CC2)cc1. The van der Waals surface area contributed by atoms with E-state index in [1.165, 1.54) is 12.1 Å². The zero-order valence-corrected chi connectivity index (χ0v) is 21.8. The van der Waals surface area contributed by atoms with Crippen LogP contribution in [-0.2, 0) is 0 Å². The number of anilines is 1. The lowest BCUT2D eigenvalue weighted by Gasteiger charge is -2.34. The van der Waals surface area contributed by atoms with Crippen LogP contribution in [0.3, 0.4) is 0 Å². The highest BCUT2D eigenvalue weighted by molar-refractivity contribution is 6.03. The van der Waals surface area contributed by atoms with Gasteiger partial charge in [0.15, 0.2) is 11.3 Å². The van der Waals surface area contributed by atoms with Gasteiger partial charge in [0, 0.05) is 37.4 Å². The van der Waals surface area contributed by atoms with Crippen LogP contribution in [0, 0.1) is 6.92 Å². The Morgan fingerprint density at radius 2 is 1.72 bits per heavy atom. The number of benzene rings is 1. The quantitative estimate of drug-likeness (QED) is 0.511. The fourth-order valence-corrected chi connectivity index (χ4v) is 5.59. The summed E-state index contributed by atoms with van der Waals surface area (Å²) in [6.07, 6.45) is 5.49. The van der Waals surface area contributed by atoms with E-state index in [4.69, 9.17) is 9.84 Å². The summed E-state index contributed by atoms with van der Waals surface area (Å²) < 4.78 is 8.16. The molecule has 36 heavy (non-hydrogen) atoms. The maximum absolute atomic E-state index is 12.3. The molecule has 0 bridgehead atoms. The summed E-state index contributed by atoms with van der Waals surface area (Å²) in [4.78, 5) is 21.7. The van der Waals surface area contributed by atoms with Crippen LogP contribution in [-0.4, -0.2) is 70.1 Å². The fourth-order valence-electron chi connectivity index (χ4n) is 5.59. The summed E-state index contributed by atoms with van der Waals surface area (Å²) in [7, 11) is 2.16. The highest BCUT2D eigenvalue weighted by Gasteiger charge is 2.28. The third-order valence-corrected chi connectivity index (χ3v) is 7.55. The van der Waals surface area contributed by atoms with Gasteiger partial charge in [-0.15, -0.1) is 5.10 Å². The Hall–Kier alpha value is -3.13. The minimum Gasteiger partial charge on any atom is -0.477 e. The van der Waals surface area contributed by atoms with Crippen molar-refractivity contribution in [3.8, 4) is 17.0 Å². The monoisotopic (exact) mass is 491 g/mol. The molecule has 0 atom stereocenters. The van der Waals surface area contributed by atoms with Crippen molar-refractivity contribution >= 4 is 22.7 Å². The van der Waals surface area contributed by atoms with Crippen molar-refractivity contribution in [1.82, 2.24) is 19.7 Å². The normalized spacial score (nSPS) is 17.8. The number of carboxylic acid groups (broad SMARTS) is 1. The van der Waals surface area contributed by atoms with Crippen LogP contribution in [0.4, 0.5) is 5.69 Å². The van der Waals surface area contributed by atoms with Gasteiger partial charge in [0.1, 0.15) is 0 Å². The Kier molecular flexibility index (Phi) is 6.88. The maximum atomic E-state index is 12.3. The van der Waals surface area contributed by atoms with Crippen LogP contribution >= 0.6 is 0 Å². The zero-order chi connectivity index (χ0) is 25.4. The Morgan fingerprint density at radius 3 is 2.33 bits per heavy atom. The van der Waals surface area contributed by atoms with Gasteiger partial charge in [0.25, 0.3) is 0 Å². The van der Waals surface area contributed by atoms with E-state index in [0.29, 0.717) is 17.1 Å². The molecule has 0 amide bonds. The predicted molar refractivity (Wildman–Crippen MR) is 142 cm³/mol. The van der Waals surface area contributed by atoms with E-state index in [1.807, 2.05) is 25.5 Å². The van der Waals surface area contributed by atoms with E-state index in [0.717, 1.165) is 68.4 Å². The fraction of sp³-hybridized carbons (Fsp3) is 0.536. The molecular formula is C28H37N5O3. The first-order chi connectivity index (χ1) is 17.3. The number of rotatable bonds is 6. The number of aromatic carboxylic acids is 1. The van der Waals surface area contributed by atoms with Crippen molar-refractivity contribution in [2.24, 2.45) is 0 Å². The second kappa shape index (κ2) is 10.1. The van der Waals surface area contributed by atoms with Gasteiger partial charge in [-0.2, -0.15) is 0 Å².